The molecule has 0 saturated heterocycles. The quantitative estimate of drug-likeness (QED) is 0.407. The third kappa shape index (κ3) is 3.44. The van der Waals surface area contributed by atoms with Crippen molar-refractivity contribution in [2.45, 2.75) is 0 Å². The van der Waals surface area contributed by atoms with E-state index >= 15 is 0 Å². The number of nitrogens with zero attached hydrogens (tertiary/aromatic N) is 2. The molecule has 7 heteroatoms. The van der Waals surface area contributed by atoms with Crippen LogP contribution in [-0.4, -0.2) is 4.57 Å². The number of aromatic nitrogens is 1. The maximum Gasteiger partial charge on any atom is 0.206 e. The first kappa shape index (κ1) is 14.9. The molecule has 0 unspecified atom stereocenters. The number of benzene rings is 2. The van der Waals surface area contributed by atoms with Gasteiger partial charge in [-0.25, -0.2) is 4.99 Å². The zero-order valence-corrected chi connectivity index (χ0v) is 14.5. The molecule has 2 aromatic carbocycles. The van der Waals surface area contributed by atoms with Gasteiger partial charge in [-0.2, -0.15) is 0 Å². The normalized spacial score (nSPS) is 11.8. The topological polar surface area (TPSA) is 17.3 Å². The number of halogens is 2. The molecule has 3 rings (SSSR count). The van der Waals surface area contributed by atoms with Gasteiger partial charge < -0.3 is 0 Å². The van der Waals surface area contributed by atoms with E-state index in [0.717, 1.165) is 20.1 Å². The Labute approximate surface area is 144 Å². The largest absolute Gasteiger partial charge is 0.267 e. The number of hydrogen-bond donors (Lipinski definition) is 0. The van der Waals surface area contributed by atoms with Gasteiger partial charge in [0.1, 0.15) is 0 Å². The molecule has 0 aliphatic heterocycles. The summed E-state index contributed by atoms with van der Waals surface area (Å²) in [5.41, 5.74) is 1.79. The Bertz CT molecular complexity index is 874. The minimum Gasteiger partial charge on any atom is -0.267 e. The predicted molar refractivity (Wildman–Crippen MR) is 94.0 cm³/mol. The predicted octanol–water partition coefficient (Wildman–Crippen LogP) is 5.87. The van der Waals surface area contributed by atoms with Crippen molar-refractivity contribution < 1.29 is 0 Å². The molecule has 1 aromatic heterocycles. The van der Waals surface area contributed by atoms with Crippen LogP contribution in [0.15, 0.2) is 53.5 Å². The van der Waals surface area contributed by atoms with Crippen LogP contribution in [0.4, 0.5) is 5.69 Å². The van der Waals surface area contributed by atoms with Crippen LogP contribution in [0.5, 0.6) is 0 Å². The van der Waals surface area contributed by atoms with Crippen LogP contribution in [0.25, 0.3) is 5.69 Å². The second-order valence-electron chi connectivity index (χ2n) is 4.12. The monoisotopic (exact) mass is 370 g/mol. The molecule has 0 aliphatic rings. The SMILES string of the molecule is S=c1ssc(=Nc2ccc(Cl)cc2)n1-c1ccc(Cl)cc1. The van der Waals surface area contributed by atoms with Gasteiger partial charge in [-0.1, -0.05) is 23.2 Å². The molecule has 0 spiro atoms. The average Bonchev–Trinajstić information content (AvgIpc) is 2.83. The second-order valence-corrected chi connectivity index (χ2v) is 7.72. The van der Waals surface area contributed by atoms with Crippen LogP contribution in [-0.2, 0) is 0 Å². The van der Waals surface area contributed by atoms with Gasteiger partial charge in [-0.15, -0.1) is 0 Å². The third-order valence-corrected chi connectivity index (χ3v) is 5.95. The standard InChI is InChI=1S/C14H8Cl2N2S3/c15-9-1-5-11(6-2-9)17-13-18(14(19)21-20-13)12-7-3-10(16)4-8-12/h1-8H. The minimum atomic E-state index is 0.692. The van der Waals surface area contributed by atoms with Gasteiger partial charge in [-0.3, -0.25) is 4.57 Å². The zero-order chi connectivity index (χ0) is 14.8. The van der Waals surface area contributed by atoms with Crippen molar-refractivity contribution >= 4 is 61.8 Å². The summed E-state index contributed by atoms with van der Waals surface area (Å²) in [4.78, 5) is 5.46. The van der Waals surface area contributed by atoms with Crippen molar-refractivity contribution in [2.24, 2.45) is 4.99 Å². The lowest BCUT2D eigenvalue weighted by molar-refractivity contribution is 0.999. The smallest absolute Gasteiger partial charge is 0.206 e. The molecule has 2 nitrogen and oxygen atoms in total. The van der Waals surface area contributed by atoms with Crippen molar-refractivity contribution in [2.75, 3.05) is 0 Å². The lowest BCUT2D eigenvalue weighted by atomic mass is 10.3. The van der Waals surface area contributed by atoms with Gasteiger partial charge in [0, 0.05) is 10.0 Å². The molecule has 0 fully saturated rings. The molecule has 0 bridgehead atoms. The Kier molecular flexibility index (Phi) is 4.57. The van der Waals surface area contributed by atoms with Gasteiger partial charge in [-0.05, 0) is 81.4 Å². The van der Waals surface area contributed by atoms with Gasteiger partial charge in [0.05, 0.1) is 11.4 Å². The summed E-state index contributed by atoms with van der Waals surface area (Å²) in [5, 5.41) is 1.39. The van der Waals surface area contributed by atoms with Gasteiger partial charge in [0.25, 0.3) is 0 Å². The van der Waals surface area contributed by atoms with E-state index in [0.29, 0.717) is 10.0 Å². The highest BCUT2D eigenvalue weighted by atomic mass is 35.5. The summed E-state index contributed by atoms with van der Waals surface area (Å²) >= 11 is 17.2. The van der Waals surface area contributed by atoms with Crippen molar-refractivity contribution in [1.82, 2.24) is 4.57 Å². The summed E-state index contributed by atoms with van der Waals surface area (Å²) in [5.74, 6) is 0. The molecule has 3 aromatic rings. The van der Waals surface area contributed by atoms with E-state index in [1.807, 2.05) is 53.1 Å². The summed E-state index contributed by atoms with van der Waals surface area (Å²) < 4.78 is 2.70. The third-order valence-electron chi connectivity index (χ3n) is 2.70. The summed E-state index contributed by atoms with van der Waals surface area (Å²) in [6, 6.07) is 14.9. The summed E-state index contributed by atoms with van der Waals surface area (Å²) in [6.07, 6.45) is 0. The van der Waals surface area contributed by atoms with E-state index in [9.17, 15) is 0 Å². The summed E-state index contributed by atoms with van der Waals surface area (Å²) in [6.45, 7) is 0. The molecule has 21 heavy (non-hydrogen) atoms. The van der Waals surface area contributed by atoms with Crippen LogP contribution < -0.4 is 4.80 Å². The molecule has 1 heterocycles. The fourth-order valence-corrected chi connectivity index (χ4v) is 4.41. The highest BCUT2D eigenvalue weighted by Gasteiger charge is 2.03. The molecule has 0 amide bonds. The van der Waals surface area contributed by atoms with Crippen molar-refractivity contribution in [3.8, 4) is 5.69 Å². The maximum absolute atomic E-state index is 5.93. The van der Waals surface area contributed by atoms with E-state index in [1.54, 1.807) is 10.3 Å². The van der Waals surface area contributed by atoms with E-state index < -0.39 is 0 Å². The Morgan fingerprint density at radius 1 is 0.857 bits per heavy atom. The lowest BCUT2D eigenvalue weighted by Crippen LogP contribution is -2.12. The number of hydrogen-bond acceptors (Lipinski definition) is 4. The molecule has 0 radical (unpaired) electrons. The molecule has 0 N–H and O–H groups in total. The van der Waals surface area contributed by atoms with Crippen molar-refractivity contribution in [3.63, 3.8) is 0 Å². The zero-order valence-electron chi connectivity index (χ0n) is 10.5. The Morgan fingerprint density at radius 3 is 2.05 bits per heavy atom. The Morgan fingerprint density at radius 2 is 1.43 bits per heavy atom. The van der Waals surface area contributed by atoms with E-state index in [-0.39, 0.29) is 0 Å². The van der Waals surface area contributed by atoms with Crippen LogP contribution >= 0.6 is 56.1 Å². The summed E-state index contributed by atoms with van der Waals surface area (Å²) in [7, 11) is 3.06. The van der Waals surface area contributed by atoms with Crippen LogP contribution in [0.1, 0.15) is 0 Å². The fourth-order valence-electron chi connectivity index (χ4n) is 1.73. The number of rotatable bonds is 2. The fraction of sp³-hybridized carbons (Fsp3) is 0. The first-order valence-corrected chi connectivity index (χ1v) is 9.23. The molecule has 106 valence electrons. The highest BCUT2D eigenvalue weighted by Crippen LogP contribution is 2.19. The van der Waals surface area contributed by atoms with E-state index in [1.165, 1.54) is 10.3 Å². The first-order chi connectivity index (χ1) is 10.1. The van der Waals surface area contributed by atoms with Crippen LogP contribution in [0.3, 0.4) is 0 Å². The van der Waals surface area contributed by atoms with E-state index in [4.69, 9.17) is 35.4 Å². The average molecular weight is 371 g/mol. The Hall–Kier alpha value is -0.980. The Balaban J connectivity index is 2.15. The molecule has 0 saturated carbocycles. The van der Waals surface area contributed by atoms with E-state index in [2.05, 4.69) is 4.99 Å². The second kappa shape index (κ2) is 6.42. The van der Waals surface area contributed by atoms with Crippen LogP contribution in [0.2, 0.25) is 10.0 Å². The molecular formula is C14H8Cl2N2S3. The molecular weight excluding hydrogens is 363 g/mol. The highest BCUT2D eigenvalue weighted by molar-refractivity contribution is 7.79. The van der Waals surface area contributed by atoms with Gasteiger partial charge >= 0.3 is 0 Å². The van der Waals surface area contributed by atoms with Gasteiger partial charge in [0.2, 0.25) is 4.80 Å². The lowest BCUT2D eigenvalue weighted by Gasteiger charge is -2.02. The molecule has 0 aliphatic carbocycles. The minimum absolute atomic E-state index is 0.692. The van der Waals surface area contributed by atoms with Crippen molar-refractivity contribution in [3.05, 3.63) is 67.3 Å². The molecule has 0 atom stereocenters. The van der Waals surface area contributed by atoms with Crippen LogP contribution in [0, 0.1) is 3.95 Å². The first-order valence-electron chi connectivity index (χ1n) is 5.92. The van der Waals surface area contributed by atoms with Gasteiger partial charge in [0.15, 0.2) is 3.95 Å². The van der Waals surface area contributed by atoms with Crippen molar-refractivity contribution in [1.29, 1.82) is 0 Å². The maximum atomic E-state index is 5.93.